The van der Waals surface area contributed by atoms with E-state index in [4.69, 9.17) is 21.1 Å². The van der Waals surface area contributed by atoms with Gasteiger partial charge in [0.2, 0.25) is 5.78 Å². The fraction of sp³-hybridized carbons (Fsp3) is 0.154. The summed E-state index contributed by atoms with van der Waals surface area (Å²) < 4.78 is 11.0. The predicted molar refractivity (Wildman–Crippen MR) is 72.3 cm³/mol. The number of carbonyl (C=O) groups is 1. The number of para-hydroxylation sites is 1. The third kappa shape index (κ3) is 2.35. The highest BCUT2D eigenvalue weighted by molar-refractivity contribution is 7.18. The first-order chi connectivity index (χ1) is 8.67. The lowest BCUT2D eigenvalue weighted by Gasteiger charge is -2.10. The summed E-state index contributed by atoms with van der Waals surface area (Å²) in [6.07, 6.45) is 0. The van der Waals surface area contributed by atoms with Crippen molar-refractivity contribution < 1.29 is 14.3 Å². The minimum Gasteiger partial charge on any atom is -0.493 e. The Morgan fingerprint density at radius 1 is 1.17 bits per heavy atom. The molecule has 0 saturated carbocycles. The van der Waals surface area contributed by atoms with Crippen molar-refractivity contribution >= 4 is 28.7 Å². The SMILES string of the molecule is COc1cccc(C(=O)c2ccc(Cl)s2)c1OC. The molecule has 1 aromatic heterocycles. The summed E-state index contributed by atoms with van der Waals surface area (Å²) in [5, 5.41) is 0. The number of rotatable bonds is 4. The van der Waals surface area contributed by atoms with Gasteiger partial charge in [0.15, 0.2) is 11.5 Å². The molecule has 2 rings (SSSR count). The van der Waals surface area contributed by atoms with Crippen LogP contribution in [-0.2, 0) is 0 Å². The van der Waals surface area contributed by atoms with Gasteiger partial charge in [-0.3, -0.25) is 4.79 Å². The molecule has 0 aliphatic carbocycles. The Balaban J connectivity index is 2.47. The summed E-state index contributed by atoms with van der Waals surface area (Å²) in [5.41, 5.74) is 0.468. The van der Waals surface area contributed by atoms with Crippen LogP contribution in [-0.4, -0.2) is 20.0 Å². The minimum absolute atomic E-state index is 0.123. The minimum atomic E-state index is -0.123. The third-order valence-electron chi connectivity index (χ3n) is 2.44. The number of halogens is 1. The second kappa shape index (κ2) is 5.42. The molecule has 0 spiro atoms. The first-order valence-electron chi connectivity index (χ1n) is 5.18. The number of ether oxygens (including phenoxy) is 2. The normalized spacial score (nSPS) is 10.2. The van der Waals surface area contributed by atoms with Crippen LogP contribution < -0.4 is 9.47 Å². The molecule has 0 N–H and O–H groups in total. The van der Waals surface area contributed by atoms with Gasteiger partial charge in [0.05, 0.1) is 29.0 Å². The highest BCUT2D eigenvalue weighted by Gasteiger charge is 2.19. The Kier molecular flexibility index (Phi) is 3.89. The molecule has 1 aromatic carbocycles. The number of hydrogen-bond acceptors (Lipinski definition) is 4. The molecule has 0 aliphatic heterocycles. The molecule has 0 radical (unpaired) electrons. The Bertz CT molecular complexity index is 577. The van der Waals surface area contributed by atoms with Crippen molar-refractivity contribution in [2.45, 2.75) is 0 Å². The molecule has 2 aromatic rings. The van der Waals surface area contributed by atoms with Crippen LogP contribution >= 0.6 is 22.9 Å². The van der Waals surface area contributed by atoms with Gasteiger partial charge < -0.3 is 9.47 Å². The molecule has 0 bridgehead atoms. The molecular formula is C13H11ClO3S. The fourth-order valence-corrected chi connectivity index (χ4v) is 2.63. The Morgan fingerprint density at radius 2 is 1.94 bits per heavy atom. The molecule has 0 aliphatic rings. The molecule has 0 unspecified atom stereocenters. The Morgan fingerprint density at radius 3 is 2.50 bits per heavy atom. The summed E-state index contributed by atoms with van der Waals surface area (Å²) >= 11 is 7.08. The van der Waals surface area contributed by atoms with Crippen molar-refractivity contribution in [1.82, 2.24) is 0 Å². The van der Waals surface area contributed by atoms with Crippen molar-refractivity contribution in [3.63, 3.8) is 0 Å². The van der Waals surface area contributed by atoms with Gasteiger partial charge in [0.1, 0.15) is 0 Å². The molecule has 5 heteroatoms. The summed E-state index contributed by atoms with van der Waals surface area (Å²) in [6.45, 7) is 0. The van der Waals surface area contributed by atoms with Crippen LogP contribution in [0.15, 0.2) is 30.3 Å². The van der Waals surface area contributed by atoms with Gasteiger partial charge in [0, 0.05) is 0 Å². The predicted octanol–water partition coefficient (Wildman–Crippen LogP) is 3.65. The Hall–Kier alpha value is -1.52. The maximum absolute atomic E-state index is 12.3. The summed E-state index contributed by atoms with van der Waals surface area (Å²) in [4.78, 5) is 12.9. The maximum Gasteiger partial charge on any atom is 0.206 e. The second-order valence-corrected chi connectivity index (χ2v) is 5.19. The van der Waals surface area contributed by atoms with Crippen molar-refractivity contribution in [1.29, 1.82) is 0 Å². The van der Waals surface area contributed by atoms with Gasteiger partial charge in [-0.25, -0.2) is 0 Å². The van der Waals surface area contributed by atoms with E-state index in [-0.39, 0.29) is 5.78 Å². The van der Waals surface area contributed by atoms with E-state index >= 15 is 0 Å². The topological polar surface area (TPSA) is 35.5 Å². The van der Waals surface area contributed by atoms with Crippen LogP contribution in [0.4, 0.5) is 0 Å². The second-order valence-electron chi connectivity index (χ2n) is 3.47. The van der Waals surface area contributed by atoms with Gasteiger partial charge in [0.25, 0.3) is 0 Å². The lowest BCUT2D eigenvalue weighted by molar-refractivity contribution is 0.103. The fourth-order valence-electron chi connectivity index (χ4n) is 1.63. The van der Waals surface area contributed by atoms with Crippen molar-refractivity contribution in [3.05, 3.63) is 45.1 Å². The number of thiophene rings is 1. The zero-order valence-corrected chi connectivity index (χ0v) is 11.5. The number of ketones is 1. The van der Waals surface area contributed by atoms with Crippen LogP contribution in [0, 0.1) is 0 Å². The molecule has 0 saturated heterocycles. The first kappa shape index (κ1) is 12.9. The largest absolute Gasteiger partial charge is 0.493 e. The highest BCUT2D eigenvalue weighted by atomic mass is 35.5. The van der Waals surface area contributed by atoms with Gasteiger partial charge in [-0.05, 0) is 24.3 Å². The lowest BCUT2D eigenvalue weighted by atomic mass is 10.1. The molecule has 3 nitrogen and oxygen atoms in total. The first-order valence-corrected chi connectivity index (χ1v) is 6.38. The number of benzene rings is 1. The summed E-state index contributed by atoms with van der Waals surface area (Å²) in [5.74, 6) is 0.850. The molecule has 0 fully saturated rings. The number of methoxy groups -OCH3 is 2. The van der Waals surface area contributed by atoms with Crippen LogP contribution in [0.25, 0.3) is 0 Å². The number of hydrogen-bond donors (Lipinski definition) is 0. The Labute approximate surface area is 114 Å². The van der Waals surface area contributed by atoms with E-state index in [1.165, 1.54) is 25.6 Å². The van der Waals surface area contributed by atoms with Crippen LogP contribution in [0.3, 0.4) is 0 Å². The van der Waals surface area contributed by atoms with E-state index in [0.29, 0.717) is 26.3 Å². The summed E-state index contributed by atoms with van der Waals surface area (Å²) in [6, 6.07) is 8.61. The van der Waals surface area contributed by atoms with E-state index in [1.54, 1.807) is 30.3 Å². The van der Waals surface area contributed by atoms with Crippen LogP contribution in [0.5, 0.6) is 11.5 Å². The lowest BCUT2D eigenvalue weighted by Crippen LogP contribution is -2.03. The van der Waals surface area contributed by atoms with Crippen LogP contribution in [0.2, 0.25) is 4.34 Å². The smallest absolute Gasteiger partial charge is 0.206 e. The van der Waals surface area contributed by atoms with Gasteiger partial charge in [-0.15, -0.1) is 11.3 Å². The van der Waals surface area contributed by atoms with E-state index in [9.17, 15) is 4.79 Å². The van der Waals surface area contributed by atoms with E-state index < -0.39 is 0 Å². The van der Waals surface area contributed by atoms with Crippen LogP contribution in [0.1, 0.15) is 15.2 Å². The van der Waals surface area contributed by atoms with E-state index in [2.05, 4.69) is 0 Å². The van der Waals surface area contributed by atoms with Gasteiger partial charge in [-0.1, -0.05) is 17.7 Å². The average Bonchev–Trinajstić information content (AvgIpc) is 2.83. The van der Waals surface area contributed by atoms with E-state index in [1.807, 2.05) is 0 Å². The monoisotopic (exact) mass is 282 g/mol. The van der Waals surface area contributed by atoms with Gasteiger partial charge >= 0.3 is 0 Å². The third-order valence-corrected chi connectivity index (χ3v) is 3.67. The van der Waals surface area contributed by atoms with Crippen molar-refractivity contribution in [3.8, 4) is 11.5 Å². The highest BCUT2D eigenvalue weighted by Crippen LogP contribution is 2.33. The molecule has 0 atom stereocenters. The standard InChI is InChI=1S/C13H11ClO3S/c1-16-9-5-3-4-8(13(9)17-2)12(15)10-6-7-11(14)18-10/h3-7H,1-2H3. The quantitative estimate of drug-likeness (QED) is 0.803. The average molecular weight is 283 g/mol. The van der Waals surface area contributed by atoms with Crippen molar-refractivity contribution in [2.75, 3.05) is 14.2 Å². The van der Waals surface area contributed by atoms with Gasteiger partial charge in [-0.2, -0.15) is 0 Å². The zero-order valence-electron chi connectivity index (χ0n) is 9.90. The molecule has 1 heterocycles. The molecule has 94 valence electrons. The zero-order chi connectivity index (χ0) is 13.1. The molecular weight excluding hydrogens is 272 g/mol. The summed E-state index contributed by atoms with van der Waals surface area (Å²) in [7, 11) is 3.05. The molecule has 0 amide bonds. The maximum atomic E-state index is 12.3. The van der Waals surface area contributed by atoms with E-state index in [0.717, 1.165) is 0 Å². The van der Waals surface area contributed by atoms with Crippen molar-refractivity contribution in [2.24, 2.45) is 0 Å². The number of carbonyl (C=O) groups excluding carboxylic acids is 1. The molecule has 18 heavy (non-hydrogen) atoms.